The Bertz CT molecular complexity index is 104. The molecule has 0 aromatic heterocycles. The lowest BCUT2D eigenvalue weighted by Gasteiger charge is -2.10. The Labute approximate surface area is 67.2 Å². The lowest BCUT2D eigenvalue weighted by atomic mass is 10.3. The van der Waals surface area contributed by atoms with E-state index in [0.29, 0.717) is 0 Å². The first-order valence-electron chi connectivity index (χ1n) is 1.75. The van der Waals surface area contributed by atoms with Gasteiger partial charge in [-0.2, -0.15) is 0 Å². The van der Waals surface area contributed by atoms with E-state index in [9.17, 15) is 4.79 Å². The van der Waals surface area contributed by atoms with Crippen molar-refractivity contribution in [2.24, 2.45) is 0 Å². The van der Waals surface area contributed by atoms with E-state index in [1.165, 1.54) is 0 Å². The van der Waals surface area contributed by atoms with Crippen molar-refractivity contribution in [1.29, 1.82) is 0 Å². The Kier molecular flexibility index (Phi) is 5.44. The lowest BCUT2D eigenvalue weighted by Crippen LogP contribution is -2.39. The number of hydrogen-bond acceptors (Lipinski definition) is 3. The summed E-state index contributed by atoms with van der Waals surface area (Å²) in [5.41, 5.74) is 0. The summed E-state index contributed by atoms with van der Waals surface area (Å²) < 4.78 is 0. The van der Waals surface area contributed by atoms with Gasteiger partial charge in [-0.05, 0) is 0 Å². The molecular formula is C3H8AlClO4. The van der Waals surface area contributed by atoms with E-state index < -0.39 is 17.6 Å². The van der Waals surface area contributed by atoms with E-state index in [2.05, 4.69) is 0 Å². The lowest BCUT2D eigenvalue weighted by molar-refractivity contribution is -0.195. The molecule has 0 aliphatic rings. The number of aliphatic hydroxyl groups is 2. The number of halogens is 1. The van der Waals surface area contributed by atoms with Crippen molar-refractivity contribution in [3.05, 3.63) is 0 Å². The summed E-state index contributed by atoms with van der Waals surface area (Å²) in [5, 5.41) is 24.3. The summed E-state index contributed by atoms with van der Waals surface area (Å²) >= 11 is 4.81. The molecular weight excluding hydrogens is 162 g/mol. The second kappa shape index (κ2) is 4.10. The molecule has 54 valence electrons. The van der Waals surface area contributed by atoms with Crippen molar-refractivity contribution in [1.82, 2.24) is 0 Å². The molecule has 9 heavy (non-hydrogen) atoms. The van der Waals surface area contributed by atoms with Gasteiger partial charge in [-0.3, -0.25) is 0 Å². The van der Waals surface area contributed by atoms with E-state index in [1.54, 1.807) is 0 Å². The third-order valence-electron chi connectivity index (χ3n) is 0.529. The van der Waals surface area contributed by atoms with Gasteiger partial charge in [0.15, 0.2) is 17.4 Å². The smallest absolute Gasteiger partial charge is 0.365 e. The highest BCUT2D eigenvalue weighted by atomic mass is 35.5. The average Bonchev–Trinajstić information content (AvgIpc) is 1.67. The molecule has 0 aromatic rings. The van der Waals surface area contributed by atoms with Gasteiger partial charge >= 0.3 is 5.97 Å². The maximum absolute atomic E-state index is 9.67. The normalized spacial score (nSPS) is 10.1. The van der Waals surface area contributed by atoms with Crippen LogP contribution in [0.5, 0.6) is 0 Å². The number of hydrogen-bond donors (Lipinski definition) is 3. The molecule has 0 aromatic carbocycles. The molecule has 0 aliphatic heterocycles. The van der Waals surface area contributed by atoms with Crippen molar-refractivity contribution in [3.8, 4) is 0 Å². The largest absolute Gasteiger partial charge is 0.477 e. The molecule has 0 saturated carbocycles. The van der Waals surface area contributed by atoms with E-state index >= 15 is 0 Å². The molecule has 4 nitrogen and oxygen atoms in total. The predicted octanol–water partition coefficient (Wildman–Crippen LogP) is -2.19. The summed E-state index contributed by atoms with van der Waals surface area (Å²) in [7, 11) is 0. The predicted molar refractivity (Wildman–Crippen MR) is 35.5 cm³/mol. The minimum atomic E-state index is -2.78. The maximum atomic E-state index is 9.67. The zero-order valence-corrected chi connectivity index (χ0v) is 4.59. The number of carbonyl (C=O) groups is 1. The van der Waals surface area contributed by atoms with E-state index in [0.717, 1.165) is 0 Å². The monoisotopic (exact) mass is 170 g/mol. The Morgan fingerprint density at radius 3 is 1.89 bits per heavy atom. The Morgan fingerprint density at radius 1 is 1.56 bits per heavy atom. The van der Waals surface area contributed by atoms with Gasteiger partial charge in [-0.1, -0.05) is 0 Å². The molecule has 0 fully saturated rings. The molecule has 0 amide bonds. The SMILES string of the molecule is O=C(O)C(O)(O)CCl.[AlH3]. The first kappa shape index (κ1) is 11.9. The van der Waals surface area contributed by atoms with Crippen LogP contribution in [-0.4, -0.2) is 50.3 Å². The fraction of sp³-hybridized carbons (Fsp3) is 0.667. The van der Waals surface area contributed by atoms with Gasteiger partial charge in [-0.25, -0.2) is 4.79 Å². The van der Waals surface area contributed by atoms with E-state index in [1.807, 2.05) is 0 Å². The fourth-order valence-corrected chi connectivity index (χ4v) is 0.171. The van der Waals surface area contributed by atoms with Gasteiger partial charge in [0.2, 0.25) is 0 Å². The van der Waals surface area contributed by atoms with Gasteiger partial charge < -0.3 is 15.3 Å². The van der Waals surface area contributed by atoms with Crippen LogP contribution in [0.4, 0.5) is 0 Å². The number of carboxylic acid groups (broad SMARTS) is 1. The minimum Gasteiger partial charge on any atom is -0.477 e. The molecule has 6 heteroatoms. The summed E-state index contributed by atoms with van der Waals surface area (Å²) in [6, 6.07) is 0. The van der Waals surface area contributed by atoms with E-state index in [4.69, 9.17) is 26.9 Å². The highest BCUT2D eigenvalue weighted by Gasteiger charge is 2.31. The summed E-state index contributed by atoms with van der Waals surface area (Å²) in [5.74, 6) is -5.25. The number of aliphatic carboxylic acids is 1. The van der Waals surface area contributed by atoms with Gasteiger partial charge in [-0.15, -0.1) is 11.6 Å². The second-order valence-electron chi connectivity index (χ2n) is 1.26. The van der Waals surface area contributed by atoms with Crippen LogP contribution in [0.2, 0.25) is 0 Å². The molecule has 0 aliphatic carbocycles. The first-order valence-corrected chi connectivity index (χ1v) is 2.28. The van der Waals surface area contributed by atoms with Gasteiger partial charge in [0.1, 0.15) is 0 Å². The summed E-state index contributed by atoms with van der Waals surface area (Å²) in [4.78, 5) is 9.67. The van der Waals surface area contributed by atoms with Gasteiger partial charge in [0.25, 0.3) is 5.79 Å². The fourth-order valence-electron chi connectivity index (χ4n) is 0.0572. The highest BCUT2D eigenvalue weighted by Crippen LogP contribution is 2.00. The number of carboxylic acids is 1. The van der Waals surface area contributed by atoms with Crippen LogP contribution < -0.4 is 0 Å². The molecule has 0 radical (unpaired) electrons. The third kappa shape index (κ3) is 3.73. The molecule has 0 unspecified atom stereocenters. The Morgan fingerprint density at radius 2 is 1.89 bits per heavy atom. The van der Waals surface area contributed by atoms with Crippen LogP contribution in [0.25, 0.3) is 0 Å². The van der Waals surface area contributed by atoms with Crippen molar-refractivity contribution in [2.75, 3.05) is 5.88 Å². The molecule has 0 spiro atoms. The minimum absolute atomic E-state index is 0. The topological polar surface area (TPSA) is 77.8 Å². The Balaban J connectivity index is 0. The molecule has 0 saturated heterocycles. The Hall–Kier alpha value is 0.212. The molecule has 3 N–H and O–H groups in total. The van der Waals surface area contributed by atoms with Crippen LogP contribution in [0.1, 0.15) is 0 Å². The highest BCUT2D eigenvalue weighted by molar-refractivity contribution is 6.19. The van der Waals surface area contributed by atoms with Crippen molar-refractivity contribution in [2.45, 2.75) is 5.79 Å². The van der Waals surface area contributed by atoms with Crippen LogP contribution in [0.3, 0.4) is 0 Å². The molecule has 0 atom stereocenters. The maximum Gasteiger partial charge on any atom is 0.365 e. The van der Waals surface area contributed by atoms with Crippen molar-refractivity contribution < 1.29 is 20.1 Å². The standard InChI is InChI=1S/C3H5ClO4.Al.3H/c4-1-3(7,8)2(5)6;;;;/h7-8H,1H2,(H,5,6);;;;. The van der Waals surface area contributed by atoms with Crippen molar-refractivity contribution in [3.63, 3.8) is 0 Å². The number of alkyl halides is 1. The van der Waals surface area contributed by atoms with Gasteiger partial charge in [0, 0.05) is 0 Å². The van der Waals surface area contributed by atoms with Crippen LogP contribution in [0, 0.1) is 0 Å². The number of rotatable bonds is 2. The third-order valence-corrected chi connectivity index (χ3v) is 0.902. The zero-order valence-electron chi connectivity index (χ0n) is 3.83. The molecule has 0 rings (SSSR count). The zero-order chi connectivity index (χ0) is 6.78. The molecule has 0 heterocycles. The van der Waals surface area contributed by atoms with E-state index in [-0.39, 0.29) is 17.4 Å². The first-order chi connectivity index (χ1) is 3.50. The van der Waals surface area contributed by atoms with Gasteiger partial charge in [0.05, 0.1) is 5.88 Å². The summed E-state index contributed by atoms with van der Waals surface area (Å²) in [6.45, 7) is 0. The van der Waals surface area contributed by atoms with Crippen LogP contribution in [-0.2, 0) is 4.79 Å². The van der Waals surface area contributed by atoms with Crippen LogP contribution in [0.15, 0.2) is 0 Å². The summed E-state index contributed by atoms with van der Waals surface area (Å²) in [6.07, 6.45) is 0. The van der Waals surface area contributed by atoms with Crippen molar-refractivity contribution >= 4 is 34.9 Å². The van der Waals surface area contributed by atoms with Crippen LogP contribution >= 0.6 is 11.6 Å². The average molecular weight is 171 g/mol. The second-order valence-corrected chi connectivity index (χ2v) is 1.52. The molecule has 0 bridgehead atoms. The quantitative estimate of drug-likeness (QED) is 0.250.